The van der Waals surface area contributed by atoms with Crippen LogP contribution in [0.15, 0.2) is 48.5 Å². The molecule has 1 heterocycles. The van der Waals surface area contributed by atoms with Gasteiger partial charge in [0.15, 0.2) is 0 Å². The molecule has 0 atom stereocenters. The maximum Gasteiger partial charge on any atom is 0.138 e. The van der Waals surface area contributed by atoms with Gasteiger partial charge in [-0.3, -0.25) is 0 Å². The van der Waals surface area contributed by atoms with Gasteiger partial charge in [-0.05, 0) is 49.2 Å². The van der Waals surface area contributed by atoms with Gasteiger partial charge in [-0.25, -0.2) is 4.98 Å². The molecule has 1 aromatic heterocycles. The average Bonchev–Trinajstić information content (AvgIpc) is 2.96. The normalized spacial score (nSPS) is 10.9. The van der Waals surface area contributed by atoms with Crippen LogP contribution in [-0.2, 0) is 0 Å². The summed E-state index contributed by atoms with van der Waals surface area (Å²) >= 11 is 5.64. The molecule has 0 aliphatic heterocycles. The summed E-state index contributed by atoms with van der Waals surface area (Å²) in [5.41, 5.74) is 3.09. The van der Waals surface area contributed by atoms with Gasteiger partial charge >= 0.3 is 0 Å². The van der Waals surface area contributed by atoms with Gasteiger partial charge in [0.05, 0.1) is 17.6 Å². The Kier molecular flexibility index (Phi) is 4.41. The monoisotopic (exact) mass is 300 g/mol. The molecule has 108 valence electrons. The third-order valence-corrected chi connectivity index (χ3v) is 3.58. The molecule has 0 radical (unpaired) electrons. The van der Waals surface area contributed by atoms with E-state index < -0.39 is 0 Å². The lowest BCUT2D eigenvalue weighted by molar-refractivity contribution is 0.310. The number of para-hydroxylation sites is 2. The van der Waals surface area contributed by atoms with Gasteiger partial charge in [-0.15, -0.1) is 11.6 Å². The standard InChI is InChI=1S/C17H17ClN2O/c18-11-3-4-12-21-14-9-7-13(8-10-14)17-19-15-5-1-2-6-16(15)20-17/h1-2,5-10H,3-4,11-12H2,(H,19,20). The van der Waals surface area contributed by atoms with Crippen molar-refractivity contribution in [1.29, 1.82) is 0 Å². The first-order valence-electron chi connectivity index (χ1n) is 7.11. The molecule has 21 heavy (non-hydrogen) atoms. The van der Waals surface area contributed by atoms with Crippen LogP contribution in [0.4, 0.5) is 0 Å². The van der Waals surface area contributed by atoms with Crippen molar-refractivity contribution in [2.45, 2.75) is 12.8 Å². The molecule has 0 aliphatic carbocycles. The van der Waals surface area contributed by atoms with Gasteiger partial charge < -0.3 is 9.72 Å². The van der Waals surface area contributed by atoms with Crippen LogP contribution in [0, 0.1) is 0 Å². The summed E-state index contributed by atoms with van der Waals surface area (Å²) in [6, 6.07) is 16.0. The number of nitrogens with one attached hydrogen (secondary N) is 1. The second-order valence-corrected chi connectivity index (χ2v) is 5.25. The molecule has 4 heteroatoms. The Balaban J connectivity index is 1.71. The summed E-state index contributed by atoms with van der Waals surface area (Å²) in [6.07, 6.45) is 1.97. The summed E-state index contributed by atoms with van der Waals surface area (Å²) in [7, 11) is 0. The van der Waals surface area contributed by atoms with E-state index in [1.807, 2.05) is 48.5 Å². The lowest BCUT2D eigenvalue weighted by Crippen LogP contribution is -1.97. The van der Waals surface area contributed by atoms with Crippen molar-refractivity contribution in [2.75, 3.05) is 12.5 Å². The summed E-state index contributed by atoms with van der Waals surface area (Å²) in [5.74, 6) is 2.45. The minimum atomic E-state index is 0.689. The van der Waals surface area contributed by atoms with Crippen LogP contribution in [0.25, 0.3) is 22.4 Å². The van der Waals surface area contributed by atoms with Crippen LogP contribution < -0.4 is 4.74 Å². The van der Waals surface area contributed by atoms with Gasteiger partial charge in [-0.1, -0.05) is 12.1 Å². The maximum atomic E-state index is 5.67. The van der Waals surface area contributed by atoms with Gasteiger partial charge in [0, 0.05) is 11.4 Å². The summed E-state index contributed by atoms with van der Waals surface area (Å²) in [4.78, 5) is 7.91. The fraction of sp³-hybridized carbons (Fsp3) is 0.235. The average molecular weight is 301 g/mol. The fourth-order valence-corrected chi connectivity index (χ4v) is 2.37. The molecule has 0 saturated heterocycles. The Morgan fingerprint density at radius 3 is 2.57 bits per heavy atom. The third-order valence-electron chi connectivity index (χ3n) is 3.31. The van der Waals surface area contributed by atoms with E-state index in [-0.39, 0.29) is 0 Å². The molecule has 0 amide bonds. The predicted molar refractivity (Wildman–Crippen MR) is 87.0 cm³/mol. The first kappa shape index (κ1) is 14.0. The van der Waals surface area contributed by atoms with Crippen molar-refractivity contribution in [3.8, 4) is 17.1 Å². The first-order valence-corrected chi connectivity index (χ1v) is 7.64. The van der Waals surface area contributed by atoms with E-state index in [0.717, 1.165) is 41.0 Å². The molecular weight excluding hydrogens is 284 g/mol. The van der Waals surface area contributed by atoms with E-state index in [2.05, 4.69) is 9.97 Å². The summed E-state index contributed by atoms with van der Waals surface area (Å²) in [6.45, 7) is 0.705. The molecule has 0 saturated carbocycles. The molecule has 0 aliphatic rings. The number of nitrogens with zero attached hydrogens (tertiary/aromatic N) is 1. The number of ether oxygens (including phenoxy) is 1. The number of aromatic nitrogens is 2. The number of halogens is 1. The molecule has 0 bridgehead atoms. The Hall–Kier alpha value is -2.00. The number of fused-ring (bicyclic) bond motifs is 1. The highest BCUT2D eigenvalue weighted by Gasteiger charge is 2.04. The second-order valence-electron chi connectivity index (χ2n) is 4.87. The zero-order chi connectivity index (χ0) is 14.5. The quantitative estimate of drug-likeness (QED) is 0.532. The Bertz CT molecular complexity index is 673. The molecule has 1 N–H and O–H groups in total. The van der Waals surface area contributed by atoms with Crippen LogP contribution in [0.2, 0.25) is 0 Å². The van der Waals surface area contributed by atoms with Crippen LogP contribution in [0.5, 0.6) is 5.75 Å². The highest BCUT2D eigenvalue weighted by molar-refractivity contribution is 6.17. The Morgan fingerprint density at radius 1 is 1.00 bits per heavy atom. The van der Waals surface area contributed by atoms with E-state index in [1.54, 1.807) is 0 Å². The topological polar surface area (TPSA) is 37.9 Å². The van der Waals surface area contributed by atoms with Gasteiger partial charge in [0.1, 0.15) is 11.6 Å². The number of aromatic amines is 1. The smallest absolute Gasteiger partial charge is 0.138 e. The highest BCUT2D eigenvalue weighted by atomic mass is 35.5. The van der Waals surface area contributed by atoms with E-state index in [0.29, 0.717) is 12.5 Å². The van der Waals surface area contributed by atoms with Crippen molar-refractivity contribution in [3.05, 3.63) is 48.5 Å². The Labute approximate surface area is 128 Å². The molecule has 3 nitrogen and oxygen atoms in total. The summed E-state index contributed by atoms with van der Waals surface area (Å²) < 4.78 is 5.67. The minimum absolute atomic E-state index is 0.689. The number of imidazole rings is 1. The molecule has 2 aromatic carbocycles. The molecule has 0 spiro atoms. The zero-order valence-electron chi connectivity index (χ0n) is 11.7. The van der Waals surface area contributed by atoms with Crippen molar-refractivity contribution < 1.29 is 4.74 Å². The van der Waals surface area contributed by atoms with Crippen molar-refractivity contribution in [3.63, 3.8) is 0 Å². The van der Waals surface area contributed by atoms with E-state index in [4.69, 9.17) is 16.3 Å². The zero-order valence-corrected chi connectivity index (χ0v) is 12.4. The SMILES string of the molecule is ClCCCCOc1ccc(-c2nc3ccccc3[nH]2)cc1. The van der Waals surface area contributed by atoms with Crippen LogP contribution >= 0.6 is 11.6 Å². The van der Waals surface area contributed by atoms with E-state index in [9.17, 15) is 0 Å². The number of benzene rings is 2. The second kappa shape index (κ2) is 6.64. The van der Waals surface area contributed by atoms with Crippen LogP contribution in [0.1, 0.15) is 12.8 Å². The number of rotatable bonds is 6. The molecule has 0 fully saturated rings. The van der Waals surface area contributed by atoms with Crippen molar-refractivity contribution >= 4 is 22.6 Å². The van der Waals surface area contributed by atoms with Gasteiger partial charge in [0.2, 0.25) is 0 Å². The first-order chi connectivity index (χ1) is 10.4. The molecular formula is C17H17ClN2O. The van der Waals surface area contributed by atoms with Crippen molar-refractivity contribution in [2.24, 2.45) is 0 Å². The highest BCUT2D eigenvalue weighted by Crippen LogP contribution is 2.22. The fourth-order valence-electron chi connectivity index (χ4n) is 2.19. The number of hydrogen-bond acceptors (Lipinski definition) is 2. The maximum absolute atomic E-state index is 5.67. The van der Waals surface area contributed by atoms with Gasteiger partial charge in [0.25, 0.3) is 0 Å². The van der Waals surface area contributed by atoms with Crippen molar-refractivity contribution in [1.82, 2.24) is 9.97 Å². The largest absolute Gasteiger partial charge is 0.494 e. The van der Waals surface area contributed by atoms with E-state index in [1.165, 1.54) is 0 Å². The summed E-state index contributed by atoms with van der Waals surface area (Å²) in [5, 5.41) is 0. The number of hydrogen-bond donors (Lipinski definition) is 1. The molecule has 0 unspecified atom stereocenters. The number of alkyl halides is 1. The minimum Gasteiger partial charge on any atom is -0.494 e. The van der Waals surface area contributed by atoms with E-state index >= 15 is 0 Å². The Morgan fingerprint density at radius 2 is 1.81 bits per heavy atom. The molecule has 3 aromatic rings. The number of unbranched alkanes of at least 4 members (excludes halogenated alkanes) is 1. The third kappa shape index (κ3) is 3.37. The van der Waals surface area contributed by atoms with Crippen LogP contribution in [0.3, 0.4) is 0 Å². The number of H-pyrrole nitrogens is 1. The molecule has 3 rings (SSSR count). The van der Waals surface area contributed by atoms with Gasteiger partial charge in [-0.2, -0.15) is 0 Å². The lowest BCUT2D eigenvalue weighted by Gasteiger charge is -2.05. The van der Waals surface area contributed by atoms with Crippen LogP contribution in [-0.4, -0.2) is 22.5 Å². The lowest BCUT2D eigenvalue weighted by atomic mass is 10.2. The predicted octanol–water partition coefficient (Wildman–Crippen LogP) is 4.63.